The molecule has 1 fully saturated rings. The molecule has 4 nitrogen and oxygen atoms in total. The van der Waals surface area contributed by atoms with Crippen molar-refractivity contribution in [1.82, 2.24) is 9.97 Å². The molecule has 0 spiro atoms. The molecular formula is C18H19ClN2O2S. The Hall–Kier alpha value is -1.46. The first-order valence-corrected chi connectivity index (χ1v) is 10.5. The average Bonchev–Trinajstić information content (AvgIpc) is 2.71. The molecule has 0 amide bonds. The standard InChI is InChI=1S/C18H19ClN2O2S/c19-17-14-10-11-24(22,23)15-9-5-4-8-13(15)16(14)20-18(21-17)12-6-2-1-3-7-12/h4-5,8-9,12H,1-3,6-7,10-11H2. The van der Waals surface area contributed by atoms with E-state index in [1.54, 1.807) is 12.1 Å². The number of nitrogens with zero attached hydrogens (tertiary/aromatic N) is 2. The Labute approximate surface area is 147 Å². The van der Waals surface area contributed by atoms with Crippen molar-refractivity contribution in [3.05, 3.63) is 40.8 Å². The van der Waals surface area contributed by atoms with Crippen molar-refractivity contribution < 1.29 is 8.42 Å². The van der Waals surface area contributed by atoms with Gasteiger partial charge in [0.1, 0.15) is 11.0 Å². The maximum Gasteiger partial charge on any atom is 0.179 e. The fourth-order valence-corrected chi connectivity index (χ4v) is 5.49. The number of rotatable bonds is 1. The van der Waals surface area contributed by atoms with E-state index in [-0.39, 0.29) is 5.75 Å². The second-order valence-corrected chi connectivity index (χ2v) is 9.04. The first kappa shape index (κ1) is 16.0. The van der Waals surface area contributed by atoms with Crippen molar-refractivity contribution in [1.29, 1.82) is 0 Å². The fraction of sp³-hybridized carbons (Fsp3) is 0.444. The van der Waals surface area contributed by atoms with Crippen LogP contribution in [0, 0.1) is 0 Å². The summed E-state index contributed by atoms with van der Waals surface area (Å²) in [6, 6.07) is 7.09. The SMILES string of the molecule is O=S1(=O)CCc2c(Cl)nc(C3CCCCC3)nc2-c2ccccc21. The van der Waals surface area contributed by atoms with E-state index in [0.29, 0.717) is 33.6 Å². The zero-order valence-corrected chi connectivity index (χ0v) is 14.9. The summed E-state index contributed by atoms with van der Waals surface area (Å²) < 4.78 is 25.1. The van der Waals surface area contributed by atoms with Gasteiger partial charge in [0, 0.05) is 17.0 Å². The molecule has 0 bridgehead atoms. The highest BCUT2D eigenvalue weighted by atomic mass is 35.5. The minimum Gasteiger partial charge on any atom is -0.232 e. The second-order valence-electron chi connectivity index (χ2n) is 6.60. The maximum absolute atomic E-state index is 12.6. The summed E-state index contributed by atoms with van der Waals surface area (Å²) in [5.41, 5.74) is 2.11. The van der Waals surface area contributed by atoms with Crippen molar-refractivity contribution in [2.45, 2.75) is 49.3 Å². The number of sulfone groups is 1. The topological polar surface area (TPSA) is 59.9 Å². The van der Waals surface area contributed by atoms with Crippen LogP contribution in [-0.4, -0.2) is 24.1 Å². The van der Waals surface area contributed by atoms with Gasteiger partial charge in [-0.25, -0.2) is 18.4 Å². The summed E-state index contributed by atoms with van der Waals surface area (Å²) >= 11 is 6.45. The molecule has 1 aromatic carbocycles. The van der Waals surface area contributed by atoms with Crippen LogP contribution in [0.3, 0.4) is 0 Å². The van der Waals surface area contributed by atoms with E-state index >= 15 is 0 Å². The van der Waals surface area contributed by atoms with Crippen LogP contribution in [0.4, 0.5) is 0 Å². The van der Waals surface area contributed by atoms with Gasteiger partial charge in [-0.1, -0.05) is 49.1 Å². The quantitative estimate of drug-likeness (QED) is 0.714. The molecule has 1 aliphatic carbocycles. The molecule has 2 aromatic rings. The number of benzene rings is 1. The van der Waals surface area contributed by atoms with E-state index in [1.165, 1.54) is 19.3 Å². The molecule has 0 unspecified atom stereocenters. The van der Waals surface area contributed by atoms with Crippen LogP contribution < -0.4 is 0 Å². The molecule has 0 atom stereocenters. The molecule has 1 aromatic heterocycles. The van der Waals surface area contributed by atoms with Gasteiger partial charge in [0.2, 0.25) is 0 Å². The minimum absolute atomic E-state index is 0.0445. The monoisotopic (exact) mass is 362 g/mol. The van der Waals surface area contributed by atoms with E-state index in [4.69, 9.17) is 16.6 Å². The van der Waals surface area contributed by atoms with Crippen LogP contribution in [-0.2, 0) is 16.3 Å². The van der Waals surface area contributed by atoms with Gasteiger partial charge in [-0.05, 0) is 25.3 Å². The van der Waals surface area contributed by atoms with Gasteiger partial charge in [-0.2, -0.15) is 0 Å². The third-order valence-corrected chi connectivity index (χ3v) is 7.12. The number of fused-ring (bicyclic) bond motifs is 3. The van der Waals surface area contributed by atoms with Crippen LogP contribution in [0.2, 0.25) is 5.15 Å². The van der Waals surface area contributed by atoms with Crippen LogP contribution in [0.1, 0.15) is 49.4 Å². The zero-order valence-electron chi connectivity index (χ0n) is 13.3. The first-order chi connectivity index (χ1) is 11.6. The van der Waals surface area contributed by atoms with E-state index in [0.717, 1.165) is 24.2 Å². The molecule has 2 aliphatic rings. The van der Waals surface area contributed by atoms with Gasteiger partial charge in [-0.3, -0.25) is 0 Å². The van der Waals surface area contributed by atoms with Gasteiger partial charge in [-0.15, -0.1) is 0 Å². The third kappa shape index (κ3) is 2.74. The van der Waals surface area contributed by atoms with Gasteiger partial charge in [0.15, 0.2) is 9.84 Å². The Bertz CT molecular complexity index is 890. The lowest BCUT2D eigenvalue weighted by Gasteiger charge is -2.21. The predicted octanol–water partition coefficient (Wildman–Crippen LogP) is 4.17. The number of hydrogen-bond donors (Lipinski definition) is 0. The lowest BCUT2D eigenvalue weighted by molar-refractivity contribution is 0.428. The molecule has 4 rings (SSSR count). The second kappa shape index (κ2) is 6.12. The highest BCUT2D eigenvalue weighted by molar-refractivity contribution is 7.91. The van der Waals surface area contributed by atoms with Crippen molar-refractivity contribution in [3.63, 3.8) is 0 Å². The van der Waals surface area contributed by atoms with E-state index < -0.39 is 9.84 Å². The van der Waals surface area contributed by atoms with Crippen LogP contribution in [0.5, 0.6) is 0 Å². The highest BCUT2D eigenvalue weighted by Crippen LogP contribution is 2.38. The summed E-state index contributed by atoms with van der Waals surface area (Å²) in [6.45, 7) is 0. The Morgan fingerprint density at radius 2 is 1.79 bits per heavy atom. The minimum atomic E-state index is -3.33. The average molecular weight is 363 g/mol. The summed E-state index contributed by atoms with van der Waals surface area (Å²) in [7, 11) is -3.33. The zero-order chi connectivity index (χ0) is 16.7. The summed E-state index contributed by atoms with van der Waals surface area (Å²) in [5.74, 6) is 1.14. The molecule has 1 aliphatic heterocycles. The molecule has 6 heteroatoms. The van der Waals surface area contributed by atoms with Gasteiger partial charge in [0.25, 0.3) is 0 Å². The molecule has 2 heterocycles. The summed E-state index contributed by atoms with van der Waals surface area (Å²) in [4.78, 5) is 9.69. The molecule has 0 saturated heterocycles. The van der Waals surface area contributed by atoms with Gasteiger partial charge >= 0.3 is 0 Å². The van der Waals surface area contributed by atoms with Crippen molar-refractivity contribution in [2.24, 2.45) is 0 Å². The van der Waals surface area contributed by atoms with Gasteiger partial charge in [0.05, 0.1) is 16.3 Å². The number of aromatic nitrogens is 2. The summed E-state index contributed by atoms with van der Waals surface area (Å²) in [6.07, 6.45) is 6.15. The van der Waals surface area contributed by atoms with Crippen LogP contribution in [0.15, 0.2) is 29.2 Å². The molecule has 0 radical (unpaired) electrons. The smallest absolute Gasteiger partial charge is 0.179 e. The lowest BCUT2D eigenvalue weighted by Crippen LogP contribution is -2.11. The number of halogens is 1. The summed E-state index contributed by atoms with van der Waals surface area (Å²) in [5, 5.41) is 0.410. The molecule has 24 heavy (non-hydrogen) atoms. The fourth-order valence-electron chi connectivity index (χ4n) is 3.74. The Morgan fingerprint density at radius 3 is 2.58 bits per heavy atom. The largest absolute Gasteiger partial charge is 0.232 e. The Kier molecular flexibility index (Phi) is 4.09. The van der Waals surface area contributed by atoms with Crippen molar-refractivity contribution in [3.8, 4) is 11.3 Å². The van der Waals surface area contributed by atoms with E-state index in [2.05, 4.69) is 4.98 Å². The van der Waals surface area contributed by atoms with Crippen molar-refractivity contribution >= 4 is 21.4 Å². The molecule has 0 N–H and O–H groups in total. The molecular weight excluding hydrogens is 344 g/mol. The van der Waals surface area contributed by atoms with E-state index in [1.807, 2.05) is 12.1 Å². The highest BCUT2D eigenvalue weighted by Gasteiger charge is 2.29. The maximum atomic E-state index is 12.6. The van der Waals surface area contributed by atoms with Crippen molar-refractivity contribution in [2.75, 3.05) is 5.75 Å². The van der Waals surface area contributed by atoms with E-state index in [9.17, 15) is 8.42 Å². The Morgan fingerprint density at radius 1 is 1.04 bits per heavy atom. The number of hydrogen-bond acceptors (Lipinski definition) is 4. The molecule has 126 valence electrons. The third-order valence-electron chi connectivity index (χ3n) is 5.04. The van der Waals surface area contributed by atoms with Gasteiger partial charge < -0.3 is 0 Å². The van der Waals surface area contributed by atoms with Crippen LogP contribution in [0.25, 0.3) is 11.3 Å². The predicted molar refractivity (Wildman–Crippen MR) is 94.1 cm³/mol. The normalized spacial score (nSPS) is 20.0. The first-order valence-electron chi connectivity index (χ1n) is 8.45. The lowest BCUT2D eigenvalue weighted by atomic mass is 9.88. The van der Waals surface area contributed by atoms with Crippen LogP contribution >= 0.6 is 11.6 Å². The Balaban J connectivity index is 1.91. The molecule has 1 saturated carbocycles.